The normalized spacial score (nSPS) is 11.5. The first-order valence-corrected chi connectivity index (χ1v) is 9.71. The van der Waals surface area contributed by atoms with E-state index < -0.39 is 51.5 Å². The Balaban J connectivity index is 2.13. The molecule has 0 aliphatic heterocycles. The molecule has 0 atom stereocenters. The maximum absolute atomic E-state index is 15.2. The second-order valence-electron chi connectivity index (χ2n) is 7.44. The van der Waals surface area contributed by atoms with Crippen LogP contribution in [0.3, 0.4) is 0 Å². The second kappa shape index (κ2) is 7.62. The fourth-order valence-electron chi connectivity index (χ4n) is 4.17. The molecule has 0 amide bonds. The largest absolute Gasteiger partial charge is 0.207 e. The Morgan fingerprint density at radius 1 is 0.424 bits per heavy atom. The molecular formula is C26H11F7. The molecule has 164 valence electrons. The lowest BCUT2D eigenvalue weighted by molar-refractivity contribution is 0.418. The molecule has 0 bridgehead atoms. The van der Waals surface area contributed by atoms with Crippen LogP contribution in [-0.2, 0) is 0 Å². The van der Waals surface area contributed by atoms with Crippen molar-refractivity contribution < 1.29 is 30.7 Å². The molecule has 5 aromatic rings. The van der Waals surface area contributed by atoms with Crippen molar-refractivity contribution in [3.63, 3.8) is 0 Å². The molecular weight excluding hydrogens is 445 g/mol. The third-order valence-electron chi connectivity index (χ3n) is 5.56. The molecule has 0 spiro atoms. The number of hydrogen-bond acceptors (Lipinski definition) is 0. The number of fused-ring (bicyclic) bond motifs is 2. The van der Waals surface area contributed by atoms with Crippen molar-refractivity contribution in [3.05, 3.63) is 107 Å². The van der Waals surface area contributed by atoms with Gasteiger partial charge in [-0.1, -0.05) is 42.5 Å². The smallest absolute Gasteiger partial charge is 0.198 e. The van der Waals surface area contributed by atoms with E-state index in [-0.39, 0.29) is 27.5 Å². The lowest BCUT2D eigenvalue weighted by Crippen LogP contribution is -2.03. The van der Waals surface area contributed by atoms with E-state index in [0.717, 1.165) is 30.3 Å². The number of rotatable bonds is 2. The lowest BCUT2D eigenvalue weighted by Gasteiger charge is -2.19. The van der Waals surface area contributed by atoms with Gasteiger partial charge in [-0.3, -0.25) is 0 Å². The summed E-state index contributed by atoms with van der Waals surface area (Å²) < 4.78 is 101. The van der Waals surface area contributed by atoms with Crippen molar-refractivity contribution in [1.82, 2.24) is 0 Å². The fourth-order valence-corrected chi connectivity index (χ4v) is 4.17. The first-order chi connectivity index (χ1) is 15.8. The number of halogens is 7. The van der Waals surface area contributed by atoms with Crippen LogP contribution in [0.2, 0.25) is 0 Å². The SMILES string of the molecule is Fc1ccc2c(-c3ccc(F)c(F)c3)c3c(F)c(F)c(F)c(F)c3c(-c3ccccc3)c2c1. The summed E-state index contributed by atoms with van der Waals surface area (Å²) in [7, 11) is 0. The maximum Gasteiger partial charge on any atom is 0.198 e. The van der Waals surface area contributed by atoms with E-state index in [1.807, 2.05) is 0 Å². The predicted molar refractivity (Wildman–Crippen MR) is 112 cm³/mol. The zero-order valence-electron chi connectivity index (χ0n) is 16.5. The molecule has 0 heterocycles. The molecule has 0 nitrogen and oxygen atoms in total. The van der Waals surface area contributed by atoms with Crippen molar-refractivity contribution in [1.29, 1.82) is 0 Å². The van der Waals surface area contributed by atoms with Gasteiger partial charge < -0.3 is 0 Å². The first kappa shape index (κ1) is 21.0. The van der Waals surface area contributed by atoms with E-state index in [2.05, 4.69) is 0 Å². The van der Waals surface area contributed by atoms with Crippen molar-refractivity contribution in [2.75, 3.05) is 0 Å². The van der Waals surface area contributed by atoms with Gasteiger partial charge in [-0.15, -0.1) is 0 Å². The Morgan fingerprint density at radius 2 is 1.03 bits per heavy atom. The van der Waals surface area contributed by atoms with Crippen LogP contribution in [0.4, 0.5) is 30.7 Å². The van der Waals surface area contributed by atoms with E-state index in [1.54, 1.807) is 18.2 Å². The highest BCUT2D eigenvalue weighted by Crippen LogP contribution is 2.46. The van der Waals surface area contributed by atoms with Gasteiger partial charge in [-0.25, -0.2) is 30.7 Å². The van der Waals surface area contributed by atoms with Crippen molar-refractivity contribution in [2.45, 2.75) is 0 Å². The molecule has 5 rings (SSSR count). The summed E-state index contributed by atoms with van der Waals surface area (Å²) in [4.78, 5) is 0. The molecule has 0 aromatic heterocycles. The van der Waals surface area contributed by atoms with Gasteiger partial charge in [0.1, 0.15) is 5.82 Å². The van der Waals surface area contributed by atoms with Gasteiger partial charge in [0, 0.05) is 21.9 Å². The summed E-state index contributed by atoms with van der Waals surface area (Å²) >= 11 is 0. The lowest BCUT2D eigenvalue weighted by atomic mass is 9.85. The standard InChI is InChI=1S/C26H11F7/c27-14-7-8-15-16(11-14)19(12-4-2-1-3-5-12)21-22(24(31)26(33)25(32)23(21)30)20(15)13-6-9-17(28)18(29)10-13/h1-11H. The van der Waals surface area contributed by atoms with Crippen molar-refractivity contribution >= 4 is 21.5 Å². The highest BCUT2D eigenvalue weighted by Gasteiger charge is 2.28. The zero-order valence-corrected chi connectivity index (χ0v) is 16.5. The fraction of sp³-hybridized carbons (Fsp3) is 0. The molecule has 0 aliphatic carbocycles. The second-order valence-corrected chi connectivity index (χ2v) is 7.44. The van der Waals surface area contributed by atoms with Gasteiger partial charge in [-0.2, -0.15) is 0 Å². The van der Waals surface area contributed by atoms with Crippen molar-refractivity contribution in [2.24, 2.45) is 0 Å². The quantitative estimate of drug-likeness (QED) is 0.108. The third kappa shape index (κ3) is 3.15. The molecule has 0 unspecified atom stereocenters. The van der Waals surface area contributed by atoms with Gasteiger partial charge in [0.15, 0.2) is 34.9 Å². The summed E-state index contributed by atoms with van der Waals surface area (Å²) in [5.74, 6) is -10.7. The van der Waals surface area contributed by atoms with Gasteiger partial charge in [0.25, 0.3) is 0 Å². The Labute approximate surface area is 182 Å². The Hall–Kier alpha value is -3.87. The van der Waals surface area contributed by atoms with Gasteiger partial charge >= 0.3 is 0 Å². The molecule has 0 saturated carbocycles. The molecule has 0 radical (unpaired) electrons. The highest BCUT2D eigenvalue weighted by molar-refractivity contribution is 6.21. The minimum atomic E-state index is -2.05. The summed E-state index contributed by atoms with van der Waals surface area (Å²) in [6.45, 7) is 0. The van der Waals surface area contributed by atoms with Crippen LogP contribution in [0.1, 0.15) is 0 Å². The Kier molecular flexibility index (Phi) is 4.85. The van der Waals surface area contributed by atoms with Gasteiger partial charge in [0.2, 0.25) is 0 Å². The van der Waals surface area contributed by atoms with Crippen LogP contribution in [-0.4, -0.2) is 0 Å². The summed E-state index contributed by atoms with van der Waals surface area (Å²) in [5.41, 5.74) is -0.130. The van der Waals surface area contributed by atoms with Crippen LogP contribution in [0, 0.1) is 40.7 Å². The Morgan fingerprint density at radius 3 is 1.64 bits per heavy atom. The number of hydrogen-bond donors (Lipinski definition) is 0. The van der Waals surface area contributed by atoms with E-state index in [9.17, 15) is 22.0 Å². The van der Waals surface area contributed by atoms with Crippen molar-refractivity contribution in [3.8, 4) is 22.3 Å². The first-order valence-electron chi connectivity index (χ1n) is 9.71. The molecule has 0 saturated heterocycles. The minimum Gasteiger partial charge on any atom is -0.207 e. The highest BCUT2D eigenvalue weighted by atomic mass is 19.2. The maximum atomic E-state index is 15.2. The summed E-state index contributed by atoms with van der Waals surface area (Å²) in [6, 6.07) is 13.8. The minimum absolute atomic E-state index is 0.0535. The van der Waals surface area contributed by atoms with Crippen LogP contribution >= 0.6 is 0 Å². The van der Waals surface area contributed by atoms with Crippen LogP contribution in [0.5, 0.6) is 0 Å². The molecule has 5 aromatic carbocycles. The van der Waals surface area contributed by atoms with Gasteiger partial charge in [0.05, 0.1) is 0 Å². The summed E-state index contributed by atoms with van der Waals surface area (Å²) in [6.07, 6.45) is 0. The van der Waals surface area contributed by atoms with E-state index in [4.69, 9.17) is 0 Å². The average molecular weight is 456 g/mol. The molecule has 33 heavy (non-hydrogen) atoms. The topological polar surface area (TPSA) is 0 Å². The number of benzene rings is 5. The monoisotopic (exact) mass is 456 g/mol. The van der Waals surface area contributed by atoms with E-state index in [1.165, 1.54) is 18.2 Å². The Bertz CT molecular complexity index is 1570. The van der Waals surface area contributed by atoms with Crippen LogP contribution in [0.15, 0.2) is 66.7 Å². The van der Waals surface area contributed by atoms with E-state index >= 15 is 8.78 Å². The molecule has 7 heteroatoms. The van der Waals surface area contributed by atoms with E-state index in [0.29, 0.717) is 5.56 Å². The zero-order chi connectivity index (χ0) is 23.4. The van der Waals surface area contributed by atoms with Gasteiger partial charge in [-0.05, 0) is 46.2 Å². The average Bonchev–Trinajstić information content (AvgIpc) is 2.82. The third-order valence-corrected chi connectivity index (χ3v) is 5.56. The van der Waals surface area contributed by atoms with Crippen LogP contribution in [0.25, 0.3) is 43.8 Å². The van der Waals surface area contributed by atoms with Crippen LogP contribution < -0.4 is 0 Å². The molecule has 0 fully saturated rings. The predicted octanol–water partition coefficient (Wildman–Crippen LogP) is 8.30. The molecule has 0 N–H and O–H groups in total. The molecule has 0 aliphatic rings. The summed E-state index contributed by atoms with van der Waals surface area (Å²) in [5, 5.41) is -1.15.